The number of hydrogen-bond acceptors (Lipinski definition) is 3. The van der Waals surface area contributed by atoms with E-state index in [1.54, 1.807) is 24.3 Å². The van der Waals surface area contributed by atoms with Crippen LogP contribution in [0.3, 0.4) is 0 Å². The Morgan fingerprint density at radius 1 is 1.24 bits per heavy atom. The second-order valence-corrected chi connectivity index (χ2v) is 7.46. The molecule has 0 aliphatic rings. The van der Waals surface area contributed by atoms with Crippen molar-refractivity contribution in [2.75, 3.05) is 11.9 Å². The van der Waals surface area contributed by atoms with E-state index in [0.29, 0.717) is 29.6 Å². The van der Waals surface area contributed by atoms with Gasteiger partial charge in [0.2, 0.25) is 5.91 Å². The molecule has 0 unspecified atom stereocenters. The lowest BCUT2D eigenvalue weighted by molar-refractivity contribution is -0.119. The van der Waals surface area contributed by atoms with Gasteiger partial charge in [-0.1, -0.05) is 11.6 Å². The van der Waals surface area contributed by atoms with Crippen LogP contribution in [0, 0.1) is 10.5 Å². The van der Waals surface area contributed by atoms with E-state index in [4.69, 9.17) is 28.6 Å². The van der Waals surface area contributed by atoms with E-state index in [2.05, 4.69) is 33.2 Å². The van der Waals surface area contributed by atoms with Crippen LogP contribution < -0.4 is 15.4 Å². The minimum absolute atomic E-state index is 0.139. The van der Waals surface area contributed by atoms with Gasteiger partial charge in [-0.05, 0) is 96.2 Å². The van der Waals surface area contributed by atoms with Crippen LogP contribution in [0.1, 0.15) is 18.4 Å². The highest BCUT2D eigenvalue weighted by molar-refractivity contribution is 14.1. The average Bonchev–Trinajstić information content (AvgIpc) is 2.56. The van der Waals surface area contributed by atoms with Crippen molar-refractivity contribution in [3.8, 4) is 5.75 Å². The Balaban J connectivity index is 1.69. The number of benzene rings is 2. The number of carbonyl (C=O) groups is 1. The standard InChI is InChI=1S/C18H18ClIN2O2S/c1-12-11-14(20)6-9-16(12)21-18(25)22-17(23)3-2-10-24-15-7-4-13(19)5-8-15/h4-9,11H,2-3,10H2,1H3,(H2,21,22,23,25). The fraction of sp³-hybridized carbons (Fsp3) is 0.222. The number of ether oxygens (including phenoxy) is 1. The Morgan fingerprint density at radius 3 is 2.64 bits per heavy atom. The van der Waals surface area contributed by atoms with Crippen LogP contribution in [0.2, 0.25) is 5.02 Å². The van der Waals surface area contributed by atoms with Gasteiger partial charge in [0, 0.05) is 20.7 Å². The molecule has 7 heteroatoms. The predicted octanol–water partition coefficient (Wildman–Crippen LogP) is 4.93. The van der Waals surface area contributed by atoms with Crippen molar-refractivity contribution in [2.45, 2.75) is 19.8 Å². The van der Waals surface area contributed by atoms with Crippen molar-refractivity contribution in [3.63, 3.8) is 0 Å². The fourth-order valence-corrected chi connectivity index (χ4v) is 3.06. The molecule has 132 valence electrons. The predicted molar refractivity (Wildman–Crippen MR) is 114 cm³/mol. The van der Waals surface area contributed by atoms with Gasteiger partial charge < -0.3 is 15.4 Å². The van der Waals surface area contributed by atoms with Crippen LogP contribution in [-0.4, -0.2) is 17.6 Å². The van der Waals surface area contributed by atoms with Crippen LogP contribution >= 0.6 is 46.4 Å². The number of anilines is 1. The summed E-state index contributed by atoms with van der Waals surface area (Å²) in [6.45, 7) is 2.44. The highest BCUT2D eigenvalue weighted by atomic mass is 127. The molecular formula is C18H18ClIN2O2S. The second kappa shape index (κ2) is 9.94. The van der Waals surface area contributed by atoms with Gasteiger partial charge in [-0.15, -0.1) is 0 Å². The lowest BCUT2D eigenvalue weighted by Crippen LogP contribution is -2.34. The maximum Gasteiger partial charge on any atom is 0.226 e. The summed E-state index contributed by atoms with van der Waals surface area (Å²) in [5.74, 6) is 0.594. The molecule has 1 amide bonds. The third-order valence-corrected chi connectivity index (χ3v) is 4.45. The number of aryl methyl sites for hydroxylation is 1. The molecule has 2 aromatic carbocycles. The topological polar surface area (TPSA) is 50.4 Å². The lowest BCUT2D eigenvalue weighted by Gasteiger charge is -2.12. The lowest BCUT2D eigenvalue weighted by atomic mass is 10.2. The Kier molecular flexibility index (Phi) is 7.92. The smallest absolute Gasteiger partial charge is 0.226 e. The van der Waals surface area contributed by atoms with Gasteiger partial charge in [0.15, 0.2) is 5.11 Å². The van der Waals surface area contributed by atoms with Gasteiger partial charge >= 0.3 is 0 Å². The molecule has 0 radical (unpaired) electrons. The number of carbonyl (C=O) groups excluding carboxylic acids is 1. The van der Waals surface area contributed by atoms with Crippen molar-refractivity contribution >= 4 is 63.1 Å². The van der Waals surface area contributed by atoms with Crippen molar-refractivity contribution < 1.29 is 9.53 Å². The Hall–Kier alpha value is -1.38. The summed E-state index contributed by atoms with van der Waals surface area (Å²) in [5.41, 5.74) is 1.96. The third-order valence-electron chi connectivity index (χ3n) is 3.32. The number of hydrogen-bond donors (Lipinski definition) is 2. The highest BCUT2D eigenvalue weighted by Gasteiger charge is 2.07. The fourth-order valence-electron chi connectivity index (χ4n) is 2.06. The first-order valence-corrected chi connectivity index (χ1v) is 9.56. The van der Waals surface area contributed by atoms with E-state index in [1.165, 1.54) is 0 Å². The molecule has 0 atom stereocenters. The summed E-state index contributed by atoms with van der Waals surface area (Å²) in [5, 5.41) is 6.69. The van der Waals surface area contributed by atoms with Gasteiger partial charge in [0.05, 0.1) is 6.61 Å². The molecule has 0 heterocycles. The van der Waals surface area contributed by atoms with Crippen LogP contribution in [0.15, 0.2) is 42.5 Å². The normalized spacial score (nSPS) is 10.2. The maximum absolute atomic E-state index is 11.9. The van der Waals surface area contributed by atoms with E-state index in [-0.39, 0.29) is 5.91 Å². The molecule has 0 bridgehead atoms. The summed E-state index contributed by atoms with van der Waals surface area (Å²) in [6, 6.07) is 13.1. The first-order valence-electron chi connectivity index (χ1n) is 7.69. The first kappa shape index (κ1) is 19.9. The summed E-state index contributed by atoms with van der Waals surface area (Å²) >= 11 is 13.2. The average molecular weight is 489 g/mol. The molecule has 0 aliphatic carbocycles. The van der Waals surface area contributed by atoms with Gasteiger partial charge in [-0.2, -0.15) is 0 Å². The molecule has 2 N–H and O–H groups in total. The van der Waals surface area contributed by atoms with E-state index < -0.39 is 0 Å². The zero-order chi connectivity index (χ0) is 18.2. The zero-order valence-corrected chi connectivity index (χ0v) is 17.4. The summed E-state index contributed by atoms with van der Waals surface area (Å²) in [4.78, 5) is 11.9. The highest BCUT2D eigenvalue weighted by Crippen LogP contribution is 2.18. The SMILES string of the molecule is Cc1cc(I)ccc1NC(=S)NC(=O)CCCOc1ccc(Cl)cc1. The molecule has 2 rings (SSSR count). The maximum atomic E-state index is 11.9. The third kappa shape index (κ3) is 7.17. The largest absolute Gasteiger partial charge is 0.494 e. The molecule has 0 spiro atoms. The summed E-state index contributed by atoms with van der Waals surface area (Å²) < 4.78 is 6.70. The van der Waals surface area contributed by atoms with Gasteiger partial charge in [0.25, 0.3) is 0 Å². The number of thiocarbonyl (C=S) groups is 1. The van der Waals surface area contributed by atoms with Crippen molar-refractivity contribution in [1.82, 2.24) is 5.32 Å². The zero-order valence-electron chi connectivity index (χ0n) is 13.6. The minimum Gasteiger partial charge on any atom is -0.494 e. The first-order chi connectivity index (χ1) is 11.9. The van der Waals surface area contributed by atoms with Crippen LogP contribution in [0.4, 0.5) is 5.69 Å². The van der Waals surface area contributed by atoms with Crippen LogP contribution in [0.25, 0.3) is 0 Å². The van der Waals surface area contributed by atoms with E-state index >= 15 is 0 Å². The van der Waals surface area contributed by atoms with Gasteiger partial charge in [-0.25, -0.2) is 0 Å². The number of halogens is 2. The second-order valence-electron chi connectivity index (χ2n) is 5.37. The van der Waals surface area contributed by atoms with E-state index in [0.717, 1.165) is 20.6 Å². The quantitative estimate of drug-likeness (QED) is 0.344. The van der Waals surface area contributed by atoms with Gasteiger partial charge in [-0.3, -0.25) is 4.79 Å². The molecule has 0 aliphatic heterocycles. The number of nitrogens with one attached hydrogen (secondary N) is 2. The summed E-state index contributed by atoms with van der Waals surface area (Å²) in [7, 11) is 0. The van der Waals surface area contributed by atoms with Crippen molar-refractivity contribution in [3.05, 3.63) is 56.6 Å². The van der Waals surface area contributed by atoms with Gasteiger partial charge in [0.1, 0.15) is 5.75 Å². The molecule has 25 heavy (non-hydrogen) atoms. The molecule has 0 fully saturated rings. The summed E-state index contributed by atoms with van der Waals surface area (Å²) in [6.07, 6.45) is 0.931. The number of amides is 1. The Bertz CT molecular complexity index is 753. The van der Waals surface area contributed by atoms with Crippen LogP contribution in [0.5, 0.6) is 5.75 Å². The number of rotatable bonds is 6. The molecule has 0 saturated carbocycles. The molecule has 0 saturated heterocycles. The van der Waals surface area contributed by atoms with Crippen LogP contribution in [-0.2, 0) is 4.79 Å². The van der Waals surface area contributed by atoms with Crippen molar-refractivity contribution in [1.29, 1.82) is 0 Å². The van der Waals surface area contributed by atoms with Crippen molar-refractivity contribution in [2.24, 2.45) is 0 Å². The molecular weight excluding hydrogens is 471 g/mol. The Morgan fingerprint density at radius 2 is 1.96 bits per heavy atom. The molecule has 2 aromatic rings. The molecule has 0 aromatic heterocycles. The Labute approximate surface area is 171 Å². The minimum atomic E-state index is -0.139. The van der Waals surface area contributed by atoms with E-state index in [1.807, 2.05) is 25.1 Å². The monoisotopic (exact) mass is 488 g/mol. The van der Waals surface area contributed by atoms with E-state index in [9.17, 15) is 4.79 Å². The molecule has 4 nitrogen and oxygen atoms in total.